The molecule has 1 N–H and O–H groups in total. The summed E-state index contributed by atoms with van der Waals surface area (Å²) in [4.78, 5) is 8.28. The highest BCUT2D eigenvalue weighted by atomic mass is 14.9. The smallest absolute Gasteiger partial charge is 0.115 e. The molecule has 1 aliphatic carbocycles. The number of nitrogens with one attached hydrogen (secondary N) is 1. The Labute approximate surface area is 97.7 Å². The maximum atomic E-state index is 4.14. The average Bonchev–Trinajstić information content (AvgIpc) is 2.81. The van der Waals surface area contributed by atoms with Crippen LogP contribution in [0.25, 0.3) is 0 Å². The van der Waals surface area contributed by atoms with Crippen LogP contribution in [0.1, 0.15) is 50.6 Å². The number of hydrogen-bond donors (Lipinski definition) is 1. The first-order chi connectivity index (χ1) is 7.82. The number of nitrogens with zero attached hydrogens (tertiary/aromatic N) is 2. The van der Waals surface area contributed by atoms with Gasteiger partial charge in [0.15, 0.2) is 0 Å². The molecule has 1 aromatic rings. The number of aromatic nitrogens is 2. The van der Waals surface area contributed by atoms with E-state index in [1.807, 2.05) is 19.4 Å². The molecule has 1 fully saturated rings. The normalized spacial score (nSPS) is 20.9. The highest BCUT2D eigenvalue weighted by molar-refractivity contribution is 5.14. The molecule has 2 rings (SSSR count). The lowest BCUT2D eigenvalue weighted by molar-refractivity contribution is 0.194. The molecule has 0 radical (unpaired) electrons. The van der Waals surface area contributed by atoms with Gasteiger partial charge in [0, 0.05) is 24.0 Å². The van der Waals surface area contributed by atoms with Crippen molar-refractivity contribution in [2.45, 2.75) is 45.1 Å². The van der Waals surface area contributed by atoms with E-state index >= 15 is 0 Å². The van der Waals surface area contributed by atoms with Gasteiger partial charge < -0.3 is 5.32 Å². The van der Waals surface area contributed by atoms with Gasteiger partial charge in [0.05, 0.1) is 0 Å². The van der Waals surface area contributed by atoms with Crippen LogP contribution in [0.3, 0.4) is 0 Å². The second-order valence-corrected chi connectivity index (χ2v) is 4.82. The van der Waals surface area contributed by atoms with Crippen molar-refractivity contribution in [1.82, 2.24) is 15.3 Å². The van der Waals surface area contributed by atoms with Crippen molar-refractivity contribution in [2.75, 3.05) is 7.05 Å². The van der Waals surface area contributed by atoms with E-state index in [9.17, 15) is 0 Å². The van der Waals surface area contributed by atoms with Gasteiger partial charge in [-0.3, -0.25) is 0 Å². The van der Waals surface area contributed by atoms with Gasteiger partial charge in [-0.15, -0.1) is 0 Å². The molecular weight excluding hydrogens is 198 g/mol. The van der Waals surface area contributed by atoms with E-state index in [2.05, 4.69) is 22.2 Å². The average molecular weight is 219 g/mol. The molecule has 0 amide bonds. The van der Waals surface area contributed by atoms with Gasteiger partial charge in [0.2, 0.25) is 0 Å². The van der Waals surface area contributed by atoms with Crippen LogP contribution in [0.15, 0.2) is 18.7 Å². The Morgan fingerprint density at radius 1 is 1.31 bits per heavy atom. The van der Waals surface area contributed by atoms with Crippen molar-refractivity contribution < 1.29 is 0 Å². The Balaban J connectivity index is 2.28. The lowest BCUT2D eigenvalue weighted by Crippen LogP contribution is -2.34. The summed E-state index contributed by atoms with van der Waals surface area (Å²) in [6.07, 6.45) is 12.1. The fourth-order valence-corrected chi connectivity index (χ4v) is 3.21. The maximum absolute atomic E-state index is 4.14. The second-order valence-electron chi connectivity index (χ2n) is 4.82. The standard InChI is InChI=1S/C13H21N3/c1-3-13(6-4-5-7-13)12(14-2)11-8-15-10-16-9-11/h8-10,12,14H,3-7H2,1-2H3. The molecule has 3 nitrogen and oxygen atoms in total. The lowest BCUT2D eigenvalue weighted by Gasteiger charge is -2.36. The van der Waals surface area contributed by atoms with E-state index < -0.39 is 0 Å². The van der Waals surface area contributed by atoms with Gasteiger partial charge in [-0.1, -0.05) is 19.8 Å². The van der Waals surface area contributed by atoms with Crippen LogP contribution in [0, 0.1) is 5.41 Å². The third-order valence-corrected chi connectivity index (χ3v) is 4.12. The summed E-state index contributed by atoms with van der Waals surface area (Å²) < 4.78 is 0. The number of hydrogen-bond acceptors (Lipinski definition) is 3. The van der Waals surface area contributed by atoms with Crippen LogP contribution < -0.4 is 5.32 Å². The zero-order chi connectivity index (χ0) is 11.4. The van der Waals surface area contributed by atoms with Crippen LogP contribution in [0.5, 0.6) is 0 Å². The van der Waals surface area contributed by atoms with Crippen LogP contribution in [-0.4, -0.2) is 17.0 Å². The molecule has 0 saturated heterocycles. The summed E-state index contributed by atoms with van der Waals surface area (Å²) in [6, 6.07) is 0.404. The van der Waals surface area contributed by atoms with Crippen molar-refractivity contribution in [3.05, 3.63) is 24.3 Å². The van der Waals surface area contributed by atoms with Crippen molar-refractivity contribution in [1.29, 1.82) is 0 Å². The van der Waals surface area contributed by atoms with Crippen molar-refractivity contribution in [3.63, 3.8) is 0 Å². The van der Waals surface area contributed by atoms with Gasteiger partial charge in [-0.05, 0) is 31.7 Å². The molecule has 0 bridgehead atoms. The molecule has 1 aromatic heterocycles. The van der Waals surface area contributed by atoms with E-state index in [1.165, 1.54) is 37.7 Å². The largest absolute Gasteiger partial charge is 0.312 e. The topological polar surface area (TPSA) is 37.8 Å². The Bertz CT molecular complexity index is 317. The van der Waals surface area contributed by atoms with Gasteiger partial charge >= 0.3 is 0 Å². The SMILES string of the molecule is CCC1(C(NC)c2cncnc2)CCCC1. The fourth-order valence-electron chi connectivity index (χ4n) is 3.21. The Hall–Kier alpha value is -0.960. The minimum Gasteiger partial charge on any atom is -0.312 e. The Morgan fingerprint density at radius 3 is 2.44 bits per heavy atom. The minimum atomic E-state index is 0.404. The molecule has 0 spiro atoms. The van der Waals surface area contributed by atoms with Gasteiger partial charge in [0.25, 0.3) is 0 Å². The first-order valence-corrected chi connectivity index (χ1v) is 6.24. The summed E-state index contributed by atoms with van der Waals surface area (Å²) in [5.74, 6) is 0. The van der Waals surface area contributed by atoms with Gasteiger partial charge in [-0.2, -0.15) is 0 Å². The zero-order valence-corrected chi connectivity index (χ0v) is 10.2. The molecule has 1 heterocycles. The molecule has 0 aliphatic heterocycles. The fraction of sp³-hybridized carbons (Fsp3) is 0.692. The van der Waals surface area contributed by atoms with Crippen LogP contribution in [0.4, 0.5) is 0 Å². The molecular formula is C13H21N3. The molecule has 1 unspecified atom stereocenters. The van der Waals surface area contributed by atoms with E-state index in [4.69, 9.17) is 0 Å². The molecule has 1 aliphatic rings. The summed E-state index contributed by atoms with van der Waals surface area (Å²) in [5.41, 5.74) is 1.65. The quantitative estimate of drug-likeness (QED) is 0.846. The van der Waals surface area contributed by atoms with Crippen molar-refractivity contribution in [2.24, 2.45) is 5.41 Å². The van der Waals surface area contributed by atoms with Crippen LogP contribution in [-0.2, 0) is 0 Å². The molecule has 16 heavy (non-hydrogen) atoms. The van der Waals surface area contributed by atoms with Gasteiger partial charge in [-0.25, -0.2) is 9.97 Å². The lowest BCUT2D eigenvalue weighted by atomic mass is 9.74. The van der Waals surface area contributed by atoms with Crippen LogP contribution in [0.2, 0.25) is 0 Å². The first-order valence-electron chi connectivity index (χ1n) is 6.24. The molecule has 0 aromatic carbocycles. The van der Waals surface area contributed by atoms with E-state index in [-0.39, 0.29) is 0 Å². The third kappa shape index (κ3) is 1.96. The van der Waals surface area contributed by atoms with Crippen molar-refractivity contribution >= 4 is 0 Å². The summed E-state index contributed by atoms with van der Waals surface area (Å²) in [5, 5.41) is 3.47. The monoisotopic (exact) mass is 219 g/mol. The van der Waals surface area contributed by atoms with Crippen molar-refractivity contribution in [3.8, 4) is 0 Å². The molecule has 1 saturated carbocycles. The highest BCUT2D eigenvalue weighted by Crippen LogP contribution is 2.49. The summed E-state index contributed by atoms with van der Waals surface area (Å²) in [7, 11) is 2.05. The maximum Gasteiger partial charge on any atom is 0.115 e. The third-order valence-electron chi connectivity index (χ3n) is 4.12. The van der Waals surface area contributed by atoms with Crippen LogP contribution >= 0.6 is 0 Å². The molecule has 3 heteroatoms. The Morgan fingerprint density at radius 2 is 1.94 bits per heavy atom. The van der Waals surface area contributed by atoms with E-state index in [0.717, 1.165) is 0 Å². The summed E-state index contributed by atoms with van der Waals surface area (Å²) >= 11 is 0. The molecule has 88 valence electrons. The Kier molecular flexibility index (Phi) is 3.54. The first kappa shape index (κ1) is 11.5. The minimum absolute atomic E-state index is 0.404. The van der Waals surface area contributed by atoms with Gasteiger partial charge in [0.1, 0.15) is 6.33 Å². The zero-order valence-electron chi connectivity index (χ0n) is 10.2. The van der Waals surface area contributed by atoms with E-state index in [0.29, 0.717) is 11.5 Å². The summed E-state index contributed by atoms with van der Waals surface area (Å²) in [6.45, 7) is 2.31. The number of rotatable bonds is 4. The van der Waals surface area contributed by atoms with E-state index in [1.54, 1.807) is 6.33 Å². The highest BCUT2D eigenvalue weighted by Gasteiger charge is 2.39. The second kappa shape index (κ2) is 4.91. The molecule has 1 atom stereocenters. The predicted octanol–water partition coefficient (Wildman–Crippen LogP) is 2.71. The predicted molar refractivity (Wildman–Crippen MR) is 65.0 cm³/mol.